The van der Waals surface area contributed by atoms with E-state index in [0.29, 0.717) is 6.04 Å². The van der Waals surface area contributed by atoms with Crippen molar-refractivity contribution in [2.45, 2.75) is 25.3 Å². The molecular formula is C14H15BrN2S. The van der Waals surface area contributed by atoms with Crippen molar-refractivity contribution in [1.29, 1.82) is 0 Å². The Balaban J connectivity index is 1.75. The number of halogens is 1. The van der Waals surface area contributed by atoms with Crippen LogP contribution in [0.25, 0.3) is 0 Å². The average Bonchev–Trinajstić information content (AvgIpc) is 3.02. The highest BCUT2D eigenvalue weighted by atomic mass is 79.9. The number of nitrogens with one attached hydrogen (secondary N) is 1. The summed E-state index contributed by atoms with van der Waals surface area (Å²) in [6.07, 6.45) is 3.40. The van der Waals surface area contributed by atoms with Gasteiger partial charge < -0.3 is 5.32 Å². The number of hydrogen-bond donors (Lipinski definition) is 1. The lowest BCUT2D eigenvalue weighted by Crippen LogP contribution is -2.13. The number of aromatic nitrogens is 1. The third kappa shape index (κ3) is 2.66. The smallest absolute Gasteiger partial charge is 0.0973 e. The zero-order chi connectivity index (χ0) is 12.4. The quantitative estimate of drug-likeness (QED) is 0.926. The lowest BCUT2D eigenvalue weighted by atomic mass is 10.1. The summed E-state index contributed by atoms with van der Waals surface area (Å²) >= 11 is 5.36. The number of nitrogens with zero attached hydrogens (tertiary/aromatic N) is 1. The van der Waals surface area contributed by atoms with Gasteiger partial charge in [0.15, 0.2) is 0 Å². The first kappa shape index (κ1) is 12.3. The van der Waals surface area contributed by atoms with Crippen molar-refractivity contribution < 1.29 is 0 Å². The van der Waals surface area contributed by atoms with Crippen LogP contribution in [0.3, 0.4) is 0 Å². The Morgan fingerprint density at radius 2 is 2.28 bits per heavy atom. The van der Waals surface area contributed by atoms with Gasteiger partial charge in [-0.1, -0.05) is 34.1 Å². The zero-order valence-corrected chi connectivity index (χ0v) is 12.4. The van der Waals surface area contributed by atoms with Crippen molar-refractivity contribution >= 4 is 27.3 Å². The van der Waals surface area contributed by atoms with Crippen molar-refractivity contribution in [3.63, 3.8) is 0 Å². The van der Waals surface area contributed by atoms with Crippen LogP contribution < -0.4 is 5.32 Å². The Morgan fingerprint density at radius 3 is 3.06 bits per heavy atom. The first-order valence-electron chi connectivity index (χ1n) is 6.24. The Hall–Kier alpha value is -0.710. The predicted octanol–water partition coefficient (Wildman–Crippen LogP) is 3.92. The van der Waals surface area contributed by atoms with Gasteiger partial charge in [-0.3, -0.25) is 0 Å². The predicted molar refractivity (Wildman–Crippen MR) is 79.0 cm³/mol. The van der Waals surface area contributed by atoms with E-state index in [1.807, 2.05) is 6.07 Å². The molecule has 0 aliphatic carbocycles. The minimum absolute atomic E-state index is 0.481. The maximum atomic E-state index is 4.76. The molecule has 1 atom stereocenters. The Bertz CT molecular complexity index is 532. The molecule has 0 spiro atoms. The van der Waals surface area contributed by atoms with Gasteiger partial charge in [0.1, 0.15) is 0 Å². The fourth-order valence-corrected chi connectivity index (χ4v) is 3.60. The van der Waals surface area contributed by atoms with Crippen LogP contribution in [0.15, 0.2) is 34.1 Å². The number of rotatable bonds is 3. The standard InChI is InChI=1S/C14H15BrN2S/c15-11-5-2-1-4-10(11)8-14-17-13(9-18-14)12-6-3-7-16-12/h1-2,4-5,9,12,16H,3,6-8H2/t12-/m0/s1. The fraction of sp³-hybridized carbons (Fsp3) is 0.357. The number of thiazole rings is 1. The van der Waals surface area contributed by atoms with Gasteiger partial charge in [0.25, 0.3) is 0 Å². The molecule has 1 aromatic carbocycles. The summed E-state index contributed by atoms with van der Waals surface area (Å²) in [5.41, 5.74) is 2.53. The molecule has 18 heavy (non-hydrogen) atoms. The molecular weight excluding hydrogens is 308 g/mol. The molecule has 1 N–H and O–H groups in total. The topological polar surface area (TPSA) is 24.9 Å². The Morgan fingerprint density at radius 1 is 1.39 bits per heavy atom. The van der Waals surface area contributed by atoms with Crippen LogP contribution in [0.2, 0.25) is 0 Å². The molecule has 1 aliphatic rings. The van der Waals surface area contributed by atoms with E-state index in [2.05, 4.69) is 44.8 Å². The minimum atomic E-state index is 0.481. The molecule has 1 aromatic heterocycles. The molecule has 0 amide bonds. The van der Waals surface area contributed by atoms with Crippen molar-refractivity contribution in [1.82, 2.24) is 10.3 Å². The third-order valence-corrected chi connectivity index (χ3v) is 4.93. The Labute approximate surface area is 120 Å². The molecule has 0 radical (unpaired) electrons. The van der Waals surface area contributed by atoms with Crippen molar-refractivity contribution in [2.75, 3.05) is 6.54 Å². The van der Waals surface area contributed by atoms with E-state index in [1.165, 1.54) is 33.6 Å². The summed E-state index contributed by atoms with van der Waals surface area (Å²) in [6.45, 7) is 1.13. The van der Waals surface area contributed by atoms with Crippen molar-refractivity contribution in [3.8, 4) is 0 Å². The SMILES string of the molecule is Brc1ccccc1Cc1nc([C@@H]2CCCN2)cs1. The van der Waals surface area contributed by atoms with Gasteiger partial charge in [0.2, 0.25) is 0 Å². The average molecular weight is 323 g/mol. The molecule has 4 heteroatoms. The summed E-state index contributed by atoms with van der Waals surface area (Å²) in [4.78, 5) is 4.76. The first-order chi connectivity index (χ1) is 8.83. The summed E-state index contributed by atoms with van der Waals surface area (Å²) in [6, 6.07) is 8.84. The van der Waals surface area contributed by atoms with E-state index in [-0.39, 0.29) is 0 Å². The summed E-state index contributed by atoms with van der Waals surface area (Å²) in [5.74, 6) is 0. The molecule has 1 saturated heterocycles. The maximum Gasteiger partial charge on any atom is 0.0973 e. The van der Waals surface area contributed by atoms with Crippen LogP contribution in [-0.2, 0) is 6.42 Å². The van der Waals surface area contributed by atoms with Crippen LogP contribution in [0.5, 0.6) is 0 Å². The molecule has 2 nitrogen and oxygen atoms in total. The highest BCUT2D eigenvalue weighted by molar-refractivity contribution is 9.10. The largest absolute Gasteiger partial charge is 0.309 e. The monoisotopic (exact) mass is 322 g/mol. The maximum absolute atomic E-state index is 4.76. The van der Waals surface area contributed by atoms with E-state index >= 15 is 0 Å². The van der Waals surface area contributed by atoms with E-state index in [0.717, 1.165) is 13.0 Å². The third-order valence-electron chi connectivity index (χ3n) is 3.29. The summed E-state index contributed by atoms with van der Waals surface area (Å²) in [5, 5.41) is 6.90. The van der Waals surface area contributed by atoms with Gasteiger partial charge in [0, 0.05) is 16.3 Å². The molecule has 1 aliphatic heterocycles. The van der Waals surface area contributed by atoms with E-state index < -0.39 is 0 Å². The molecule has 0 unspecified atom stereocenters. The first-order valence-corrected chi connectivity index (χ1v) is 7.91. The van der Waals surface area contributed by atoms with Crippen LogP contribution in [0.4, 0.5) is 0 Å². The van der Waals surface area contributed by atoms with E-state index in [1.54, 1.807) is 11.3 Å². The summed E-state index contributed by atoms with van der Waals surface area (Å²) < 4.78 is 1.17. The zero-order valence-electron chi connectivity index (χ0n) is 10.0. The van der Waals surface area contributed by atoms with Crippen molar-refractivity contribution in [3.05, 3.63) is 50.4 Å². The van der Waals surface area contributed by atoms with E-state index in [9.17, 15) is 0 Å². The van der Waals surface area contributed by atoms with Gasteiger partial charge in [-0.25, -0.2) is 4.98 Å². The molecule has 0 saturated carbocycles. The van der Waals surface area contributed by atoms with Crippen molar-refractivity contribution in [2.24, 2.45) is 0 Å². The second kappa shape index (κ2) is 5.51. The molecule has 3 rings (SSSR count). The van der Waals surface area contributed by atoms with Gasteiger partial charge in [-0.2, -0.15) is 0 Å². The molecule has 0 bridgehead atoms. The normalized spacial score (nSPS) is 19.3. The lowest BCUT2D eigenvalue weighted by molar-refractivity contribution is 0.630. The molecule has 94 valence electrons. The molecule has 2 heterocycles. The minimum Gasteiger partial charge on any atom is -0.309 e. The van der Waals surface area contributed by atoms with Gasteiger partial charge in [-0.15, -0.1) is 11.3 Å². The second-order valence-corrected chi connectivity index (χ2v) is 6.38. The Kier molecular flexibility index (Phi) is 3.77. The van der Waals surface area contributed by atoms with Crippen LogP contribution in [0, 0.1) is 0 Å². The van der Waals surface area contributed by atoms with Gasteiger partial charge >= 0.3 is 0 Å². The number of hydrogen-bond acceptors (Lipinski definition) is 3. The van der Waals surface area contributed by atoms with Gasteiger partial charge in [-0.05, 0) is 31.0 Å². The van der Waals surface area contributed by atoms with Crippen LogP contribution in [-0.4, -0.2) is 11.5 Å². The lowest BCUT2D eigenvalue weighted by Gasteiger charge is -2.05. The van der Waals surface area contributed by atoms with Crippen LogP contribution in [0.1, 0.15) is 35.1 Å². The highest BCUT2D eigenvalue weighted by Gasteiger charge is 2.18. The van der Waals surface area contributed by atoms with Gasteiger partial charge in [0.05, 0.1) is 16.7 Å². The summed E-state index contributed by atoms with van der Waals surface area (Å²) in [7, 11) is 0. The van der Waals surface area contributed by atoms with E-state index in [4.69, 9.17) is 4.98 Å². The highest BCUT2D eigenvalue weighted by Crippen LogP contribution is 2.26. The second-order valence-electron chi connectivity index (χ2n) is 4.58. The van der Waals surface area contributed by atoms with Crippen LogP contribution >= 0.6 is 27.3 Å². The number of benzene rings is 1. The fourth-order valence-electron chi connectivity index (χ4n) is 2.31. The molecule has 2 aromatic rings. The molecule has 1 fully saturated rings.